The molecule has 2 heterocycles. The van der Waals surface area contributed by atoms with Crippen molar-refractivity contribution in [2.45, 2.75) is 0 Å². The van der Waals surface area contributed by atoms with Gasteiger partial charge < -0.3 is 9.88 Å². The molecule has 3 aromatic rings. The lowest BCUT2D eigenvalue weighted by atomic mass is 10.2. The maximum atomic E-state index is 12.2. The van der Waals surface area contributed by atoms with Crippen molar-refractivity contribution in [2.24, 2.45) is 7.05 Å². The van der Waals surface area contributed by atoms with Crippen LogP contribution in [-0.2, 0) is 7.05 Å². The monoisotopic (exact) mass is 328 g/mol. The Morgan fingerprint density at radius 3 is 2.78 bits per heavy atom. The minimum atomic E-state index is -0.374. The van der Waals surface area contributed by atoms with Gasteiger partial charge in [-0.25, -0.2) is 4.68 Å². The Morgan fingerprint density at radius 2 is 2.04 bits per heavy atom. The fourth-order valence-corrected chi connectivity index (χ4v) is 2.27. The number of hydrogen-bond donors (Lipinski definition) is 1. The van der Waals surface area contributed by atoms with Crippen LogP contribution in [0.1, 0.15) is 10.4 Å². The molecule has 1 aromatic carbocycles. The molecule has 0 saturated heterocycles. The topological polar surface area (TPSA) is 68.9 Å². The van der Waals surface area contributed by atoms with E-state index in [-0.39, 0.29) is 11.5 Å². The normalized spacial score (nSPS) is 10.5. The van der Waals surface area contributed by atoms with Crippen molar-refractivity contribution in [1.82, 2.24) is 14.3 Å². The van der Waals surface area contributed by atoms with E-state index in [1.54, 1.807) is 36.3 Å². The predicted octanol–water partition coefficient (Wildman–Crippen LogP) is 2.48. The molecule has 2 aromatic heterocycles. The van der Waals surface area contributed by atoms with Gasteiger partial charge in [0, 0.05) is 24.9 Å². The number of pyridine rings is 1. The lowest BCUT2D eigenvalue weighted by Gasteiger charge is -2.04. The molecule has 23 heavy (non-hydrogen) atoms. The van der Waals surface area contributed by atoms with Crippen molar-refractivity contribution >= 4 is 23.2 Å². The summed E-state index contributed by atoms with van der Waals surface area (Å²) in [5.41, 5.74) is 1.27. The largest absolute Gasteiger partial charge is 0.319 e. The first-order valence-corrected chi connectivity index (χ1v) is 7.20. The summed E-state index contributed by atoms with van der Waals surface area (Å²) in [5, 5.41) is 7.43. The molecule has 0 atom stereocenters. The molecule has 7 heteroatoms. The van der Waals surface area contributed by atoms with E-state index in [0.29, 0.717) is 22.0 Å². The number of halogens is 1. The summed E-state index contributed by atoms with van der Waals surface area (Å²) >= 11 is 6.12. The molecule has 0 aliphatic heterocycles. The van der Waals surface area contributed by atoms with E-state index in [2.05, 4.69) is 10.4 Å². The molecule has 0 aliphatic carbocycles. The van der Waals surface area contributed by atoms with Gasteiger partial charge in [0.1, 0.15) is 0 Å². The number of para-hydroxylation sites is 1. The Hall–Kier alpha value is -2.86. The first-order chi connectivity index (χ1) is 11.0. The van der Waals surface area contributed by atoms with Gasteiger partial charge in [-0.3, -0.25) is 9.59 Å². The first kappa shape index (κ1) is 15.1. The van der Waals surface area contributed by atoms with Gasteiger partial charge >= 0.3 is 0 Å². The molecule has 116 valence electrons. The highest BCUT2D eigenvalue weighted by atomic mass is 35.5. The van der Waals surface area contributed by atoms with Crippen molar-refractivity contribution in [3.8, 4) is 5.69 Å². The Balaban J connectivity index is 1.81. The van der Waals surface area contributed by atoms with Crippen LogP contribution in [0.2, 0.25) is 5.02 Å². The van der Waals surface area contributed by atoms with E-state index < -0.39 is 0 Å². The molecule has 0 saturated carbocycles. The number of nitrogens with zero attached hydrogens (tertiary/aromatic N) is 3. The second-order valence-corrected chi connectivity index (χ2v) is 5.35. The van der Waals surface area contributed by atoms with E-state index in [0.717, 1.165) is 0 Å². The van der Waals surface area contributed by atoms with Crippen LogP contribution >= 0.6 is 11.6 Å². The van der Waals surface area contributed by atoms with Crippen LogP contribution in [0.15, 0.2) is 59.8 Å². The summed E-state index contributed by atoms with van der Waals surface area (Å²) in [6.07, 6.45) is 4.72. The second-order valence-electron chi connectivity index (χ2n) is 4.94. The van der Waals surface area contributed by atoms with Crippen molar-refractivity contribution < 1.29 is 4.79 Å². The van der Waals surface area contributed by atoms with Crippen LogP contribution in [0.3, 0.4) is 0 Å². The number of aromatic nitrogens is 3. The zero-order chi connectivity index (χ0) is 16.4. The Bertz CT molecular complexity index is 930. The highest BCUT2D eigenvalue weighted by Gasteiger charge is 2.10. The number of rotatable bonds is 3. The van der Waals surface area contributed by atoms with Crippen molar-refractivity contribution in [3.63, 3.8) is 0 Å². The average molecular weight is 329 g/mol. The van der Waals surface area contributed by atoms with Crippen LogP contribution in [0.5, 0.6) is 0 Å². The molecule has 1 N–H and O–H groups in total. The number of hydrogen-bond acceptors (Lipinski definition) is 3. The second kappa shape index (κ2) is 6.10. The summed E-state index contributed by atoms with van der Waals surface area (Å²) in [4.78, 5) is 23.7. The Kier molecular flexibility index (Phi) is 3.99. The number of amides is 1. The van der Waals surface area contributed by atoms with Crippen LogP contribution in [0.25, 0.3) is 5.69 Å². The number of nitrogens with one attached hydrogen (secondary N) is 1. The molecular weight excluding hydrogens is 316 g/mol. The third-order valence-corrected chi connectivity index (χ3v) is 3.63. The van der Waals surface area contributed by atoms with Crippen molar-refractivity contribution in [3.05, 3.63) is 75.9 Å². The zero-order valence-electron chi connectivity index (χ0n) is 12.2. The van der Waals surface area contributed by atoms with Gasteiger partial charge in [-0.15, -0.1) is 0 Å². The summed E-state index contributed by atoms with van der Waals surface area (Å²) in [6.45, 7) is 0. The summed E-state index contributed by atoms with van der Waals surface area (Å²) in [7, 11) is 1.62. The minimum absolute atomic E-state index is 0.246. The van der Waals surface area contributed by atoms with E-state index in [4.69, 9.17) is 11.6 Å². The van der Waals surface area contributed by atoms with Gasteiger partial charge in [0.2, 0.25) is 0 Å². The van der Waals surface area contributed by atoms with E-state index in [1.807, 2.05) is 18.2 Å². The lowest BCUT2D eigenvalue weighted by Crippen LogP contribution is -2.19. The summed E-state index contributed by atoms with van der Waals surface area (Å²) in [5.74, 6) is -0.374. The predicted molar refractivity (Wildman–Crippen MR) is 88.2 cm³/mol. The third-order valence-electron chi connectivity index (χ3n) is 3.31. The number of benzene rings is 1. The number of carbonyl (C=O) groups is 1. The quantitative estimate of drug-likeness (QED) is 0.803. The molecule has 0 bridgehead atoms. The fourth-order valence-electron chi connectivity index (χ4n) is 2.05. The van der Waals surface area contributed by atoms with E-state index >= 15 is 0 Å². The minimum Gasteiger partial charge on any atom is -0.319 e. The molecule has 1 amide bonds. The van der Waals surface area contributed by atoms with Gasteiger partial charge in [-0.2, -0.15) is 5.10 Å². The highest BCUT2D eigenvalue weighted by Crippen LogP contribution is 2.20. The van der Waals surface area contributed by atoms with Crippen molar-refractivity contribution in [1.29, 1.82) is 0 Å². The van der Waals surface area contributed by atoms with Gasteiger partial charge in [0.15, 0.2) is 0 Å². The summed E-state index contributed by atoms with van der Waals surface area (Å²) in [6, 6.07) is 10.1. The van der Waals surface area contributed by atoms with Gasteiger partial charge in [-0.05, 0) is 18.2 Å². The third kappa shape index (κ3) is 3.17. The average Bonchev–Trinajstić information content (AvgIpc) is 2.98. The first-order valence-electron chi connectivity index (χ1n) is 6.82. The van der Waals surface area contributed by atoms with E-state index in [1.165, 1.54) is 16.8 Å². The summed E-state index contributed by atoms with van der Waals surface area (Å²) < 4.78 is 2.97. The van der Waals surface area contributed by atoms with Gasteiger partial charge in [0.05, 0.1) is 28.8 Å². The van der Waals surface area contributed by atoms with Crippen LogP contribution in [0, 0.1) is 0 Å². The smallest absolute Gasteiger partial charge is 0.256 e. The van der Waals surface area contributed by atoms with Crippen molar-refractivity contribution in [2.75, 3.05) is 5.32 Å². The van der Waals surface area contributed by atoms with Crippen LogP contribution in [-0.4, -0.2) is 20.3 Å². The van der Waals surface area contributed by atoms with Crippen LogP contribution < -0.4 is 10.9 Å². The standard InChI is InChI=1S/C16H13ClN4O2/c1-20-7-6-11(8-15(20)22)16(23)19-12-9-18-21(10-12)14-5-3-2-4-13(14)17/h2-10H,1H3,(H,19,23). The Labute approximate surface area is 136 Å². The zero-order valence-corrected chi connectivity index (χ0v) is 13.0. The van der Waals surface area contributed by atoms with Crippen LogP contribution in [0.4, 0.5) is 5.69 Å². The molecule has 0 aliphatic rings. The molecule has 0 spiro atoms. The number of carbonyl (C=O) groups excluding carboxylic acids is 1. The lowest BCUT2D eigenvalue weighted by molar-refractivity contribution is 0.102. The number of aryl methyl sites for hydroxylation is 1. The molecule has 0 fully saturated rings. The SMILES string of the molecule is Cn1ccc(C(=O)Nc2cnn(-c3ccccc3Cl)c2)cc1=O. The van der Waals surface area contributed by atoms with Gasteiger partial charge in [-0.1, -0.05) is 23.7 Å². The maximum absolute atomic E-state index is 12.2. The van der Waals surface area contributed by atoms with E-state index in [9.17, 15) is 9.59 Å². The molecule has 3 rings (SSSR count). The molecular formula is C16H13ClN4O2. The highest BCUT2D eigenvalue weighted by molar-refractivity contribution is 6.32. The maximum Gasteiger partial charge on any atom is 0.256 e. The molecule has 6 nitrogen and oxygen atoms in total. The Morgan fingerprint density at radius 1 is 1.26 bits per heavy atom. The fraction of sp³-hybridized carbons (Fsp3) is 0.0625. The molecule has 0 radical (unpaired) electrons. The molecule has 0 unspecified atom stereocenters. The number of anilines is 1. The van der Waals surface area contributed by atoms with Gasteiger partial charge in [0.25, 0.3) is 11.5 Å².